The molecule has 1 aromatic heterocycles. The second kappa shape index (κ2) is 30.4. The first-order chi connectivity index (χ1) is 22.5. The highest BCUT2D eigenvalue weighted by Gasteiger charge is 2.14. The maximum atomic E-state index is 12.4. The number of aryl methyl sites for hydroxylation is 1. The zero-order valence-corrected chi connectivity index (χ0v) is 30.5. The highest BCUT2D eigenvalue weighted by molar-refractivity contribution is 5.69. The minimum atomic E-state index is -0.0354. The number of hydrogen-bond acceptors (Lipinski definition) is 8. The van der Waals surface area contributed by atoms with Crippen molar-refractivity contribution in [1.82, 2.24) is 15.1 Å². The molecule has 1 rings (SSSR count). The van der Waals surface area contributed by atoms with Crippen LogP contribution in [0.3, 0.4) is 0 Å². The summed E-state index contributed by atoms with van der Waals surface area (Å²) in [4.78, 5) is 26.9. The molecule has 0 amide bonds. The Labute approximate surface area is 282 Å². The lowest BCUT2D eigenvalue weighted by atomic mass is 10.1. The second-order valence-corrected chi connectivity index (χ2v) is 13.2. The van der Waals surface area contributed by atoms with Crippen LogP contribution in [-0.4, -0.2) is 59.4 Å². The first-order valence-corrected chi connectivity index (χ1v) is 19.3. The van der Waals surface area contributed by atoms with Crippen molar-refractivity contribution in [3.8, 4) is 0 Å². The number of aromatic nitrogens is 2. The molecule has 0 fully saturated rings. The zero-order valence-electron chi connectivity index (χ0n) is 30.5. The predicted octanol–water partition coefficient (Wildman–Crippen LogP) is 10.1. The van der Waals surface area contributed by atoms with Crippen molar-refractivity contribution >= 4 is 11.9 Å². The van der Waals surface area contributed by atoms with Gasteiger partial charge in [0, 0.05) is 32.7 Å². The van der Waals surface area contributed by atoms with E-state index in [1.54, 1.807) is 0 Å². The van der Waals surface area contributed by atoms with Crippen molar-refractivity contribution in [1.29, 1.82) is 0 Å². The molecule has 1 atom stereocenters. The van der Waals surface area contributed by atoms with Gasteiger partial charge in [0.15, 0.2) is 0 Å². The number of unbranched alkanes of at least 4 members (excludes halogenated alkanes) is 15. The smallest absolute Gasteiger partial charge is 0.306 e. The van der Waals surface area contributed by atoms with E-state index in [4.69, 9.17) is 13.9 Å². The average molecular weight is 650 g/mol. The van der Waals surface area contributed by atoms with E-state index in [9.17, 15) is 9.59 Å². The van der Waals surface area contributed by atoms with Crippen LogP contribution in [-0.2, 0) is 25.5 Å². The molecule has 0 aromatic carbocycles. The molecule has 8 nitrogen and oxygen atoms in total. The van der Waals surface area contributed by atoms with E-state index in [0.29, 0.717) is 31.2 Å². The highest BCUT2D eigenvalue weighted by atomic mass is 16.5. The van der Waals surface area contributed by atoms with Crippen molar-refractivity contribution in [3.05, 3.63) is 11.8 Å². The van der Waals surface area contributed by atoms with Crippen LogP contribution in [0.25, 0.3) is 0 Å². The Morgan fingerprint density at radius 2 is 1.17 bits per heavy atom. The number of nitrogens with zero attached hydrogens (tertiary/aromatic N) is 3. The summed E-state index contributed by atoms with van der Waals surface area (Å²) in [7, 11) is 0. The highest BCUT2D eigenvalue weighted by Crippen LogP contribution is 2.16. The van der Waals surface area contributed by atoms with Crippen molar-refractivity contribution < 1.29 is 23.5 Å². The van der Waals surface area contributed by atoms with Gasteiger partial charge in [-0.2, -0.15) is 0 Å². The monoisotopic (exact) mass is 650 g/mol. The Morgan fingerprint density at radius 1 is 0.630 bits per heavy atom. The summed E-state index contributed by atoms with van der Waals surface area (Å²) in [5.74, 6) is 1.29. The molecule has 0 aliphatic carbocycles. The van der Waals surface area contributed by atoms with Gasteiger partial charge in [0.2, 0.25) is 11.8 Å². The summed E-state index contributed by atoms with van der Waals surface area (Å²) in [5.41, 5.74) is 0. The molecule has 0 spiro atoms. The van der Waals surface area contributed by atoms with Gasteiger partial charge >= 0.3 is 11.9 Å². The van der Waals surface area contributed by atoms with E-state index < -0.39 is 0 Å². The van der Waals surface area contributed by atoms with Crippen molar-refractivity contribution in [2.75, 3.05) is 26.2 Å². The maximum Gasteiger partial charge on any atom is 0.306 e. The van der Waals surface area contributed by atoms with Gasteiger partial charge in [-0.3, -0.25) is 9.59 Å². The first kappa shape index (κ1) is 42.1. The Balaban J connectivity index is 2.22. The molecular formula is C38H71N3O5. The molecule has 0 aliphatic rings. The third-order valence-corrected chi connectivity index (χ3v) is 8.74. The minimum absolute atomic E-state index is 0.00635. The van der Waals surface area contributed by atoms with E-state index in [0.717, 1.165) is 122 Å². The molecular weight excluding hydrogens is 578 g/mol. The third-order valence-electron chi connectivity index (χ3n) is 8.74. The van der Waals surface area contributed by atoms with Gasteiger partial charge in [0.1, 0.15) is 6.10 Å². The Bertz CT molecular complexity index is 846. The zero-order chi connectivity index (χ0) is 33.5. The summed E-state index contributed by atoms with van der Waals surface area (Å²) < 4.78 is 16.8. The van der Waals surface area contributed by atoms with Gasteiger partial charge in [-0.1, -0.05) is 111 Å². The van der Waals surface area contributed by atoms with Crippen LogP contribution >= 0.6 is 0 Å². The normalized spacial score (nSPS) is 12.1. The second-order valence-electron chi connectivity index (χ2n) is 13.2. The average Bonchev–Trinajstić information content (AvgIpc) is 3.47. The quantitative estimate of drug-likeness (QED) is 0.0548. The summed E-state index contributed by atoms with van der Waals surface area (Å²) in [6.45, 7) is 12.1. The summed E-state index contributed by atoms with van der Waals surface area (Å²) in [6, 6.07) is 0. The number of ether oxygens (including phenoxy) is 2. The molecule has 1 heterocycles. The molecule has 268 valence electrons. The lowest BCUT2D eigenvalue weighted by molar-refractivity contribution is -0.150. The largest absolute Gasteiger partial charge is 0.466 e. The first-order valence-electron chi connectivity index (χ1n) is 19.3. The Morgan fingerprint density at radius 3 is 1.80 bits per heavy atom. The fraction of sp³-hybridized carbons (Fsp3) is 0.895. The lowest BCUT2D eigenvalue weighted by Gasteiger charge is -2.21. The third kappa shape index (κ3) is 25.2. The SMILES string of the molecule is CCCCCCCOC(=O)CCCCCCCN(CCCCCCCC(=O)OC(CCCC)CCCCC)CCc1nnc(C)o1. The van der Waals surface area contributed by atoms with Crippen LogP contribution in [0.1, 0.15) is 187 Å². The molecule has 0 N–H and O–H groups in total. The molecule has 0 bridgehead atoms. The molecule has 0 saturated carbocycles. The van der Waals surface area contributed by atoms with Crippen LogP contribution in [0.4, 0.5) is 0 Å². The van der Waals surface area contributed by atoms with Crippen LogP contribution in [0.5, 0.6) is 0 Å². The summed E-state index contributed by atoms with van der Waals surface area (Å²) >= 11 is 0. The van der Waals surface area contributed by atoms with Crippen LogP contribution < -0.4 is 0 Å². The molecule has 0 radical (unpaired) electrons. The molecule has 0 saturated heterocycles. The van der Waals surface area contributed by atoms with E-state index in [1.807, 2.05) is 6.92 Å². The van der Waals surface area contributed by atoms with Crippen molar-refractivity contribution in [3.63, 3.8) is 0 Å². The predicted molar refractivity (Wildman–Crippen MR) is 188 cm³/mol. The van der Waals surface area contributed by atoms with E-state index >= 15 is 0 Å². The Kier molecular flexibility index (Phi) is 27.8. The van der Waals surface area contributed by atoms with E-state index in [-0.39, 0.29) is 18.0 Å². The van der Waals surface area contributed by atoms with Crippen LogP contribution in [0.15, 0.2) is 4.42 Å². The fourth-order valence-electron chi connectivity index (χ4n) is 5.82. The summed E-state index contributed by atoms with van der Waals surface area (Å²) in [5, 5.41) is 8.15. The summed E-state index contributed by atoms with van der Waals surface area (Å²) in [6.07, 6.45) is 26.7. The van der Waals surface area contributed by atoms with Gasteiger partial charge in [-0.25, -0.2) is 0 Å². The number of carbonyl (C=O) groups excluding carboxylic acids is 2. The number of esters is 2. The minimum Gasteiger partial charge on any atom is -0.466 e. The lowest BCUT2D eigenvalue weighted by Crippen LogP contribution is -2.28. The van der Waals surface area contributed by atoms with Gasteiger partial charge in [0.25, 0.3) is 0 Å². The van der Waals surface area contributed by atoms with Gasteiger partial charge in [0.05, 0.1) is 6.61 Å². The van der Waals surface area contributed by atoms with Crippen molar-refractivity contribution in [2.45, 2.75) is 194 Å². The van der Waals surface area contributed by atoms with Gasteiger partial charge < -0.3 is 18.8 Å². The molecule has 46 heavy (non-hydrogen) atoms. The van der Waals surface area contributed by atoms with E-state index in [1.165, 1.54) is 44.9 Å². The number of carbonyl (C=O) groups is 2. The molecule has 8 heteroatoms. The molecule has 1 unspecified atom stereocenters. The Hall–Kier alpha value is -1.96. The standard InChI is InChI=1S/C38H71N3O5/c1-5-8-11-18-24-33-44-37(42)27-20-14-12-16-22-30-41(32-29-36-40-39-34(4)45-36)31-23-17-13-15-21-28-38(43)46-35(25-10-7-3)26-19-9-6-2/h35H,5-33H2,1-4H3. The van der Waals surface area contributed by atoms with Crippen molar-refractivity contribution in [2.24, 2.45) is 0 Å². The number of rotatable bonds is 33. The molecule has 1 aromatic rings. The van der Waals surface area contributed by atoms with E-state index in [2.05, 4.69) is 35.9 Å². The topological polar surface area (TPSA) is 94.8 Å². The molecule has 0 aliphatic heterocycles. The van der Waals surface area contributed by atoms with Gasteiger partial charge in [-0.15, -0.1) is 10.2 Å². The maximum absolute atomic E-state index is 12.4. The van der Waals surface area contributed by atoms with Crippen LogP contribution in [0.2, 0.25) is 0 Å². The van der Waals surface area contributed by atoms with Crippen LogP contribution in [0, 0.1) is 6.92 Å². The fourth-order valence-corrected chi connectivity index (χ4v) is 5.82. The number of hydrogen-bond donors (Lipinski definition) is 0. The van der Waals surface area contributed by atoms with Gasteiger partial charge in [-0.05, 0) is 64.5 Å².